The number of aliphatic hydroxyl groups excluding tert-OH is 5. The molecule has 324 valence electrons. The predicted molar refractivity (Wildman–Crippen MR) is 230 cm³/mol. The van der Waals surface area contributed by atoms with E-state index in [9.17, 15) is 35.4 Å². The minimum Gasteiger partial charge on any atom is -0.511 e. The smallest absolute Gasteiger partial charge is 0.229 e. The van der Waals surface area contributed by atoms with Gasteiger partial charge in [0.1, 0.15) is 40.3 Å². The standard InChI is InChI=1S/C47H54N2O10S2/c50-22-28-6-3-5-27(17-28)18-29-19-32-38(53)31-7-4-8-33-37(31)39(54)46(32,35(52)20-29)25-60-61-26-49-36-21-30(10-16-48-36)44(15-14-43(23-44)11-1-2-12-43)34-9-13-45(24-51)42(56)47(34,57)40(55)41(58-33)59-45/h3-8,10,17,19-21,32,34,40-42,48-52,55-57H,1-2,9,11-16,18,22-26H2/t32-,34-,40+,41-,42-,44+,45-,46+,47-/m1/s1. The summed E-state index contributed by atoms with van der Waals surface area (Å²) in [4.78, 5) is 30.2. The highest BCUT2D eigenvalue weighted by atomic mass is 33.1. The molecule has 4 fully saturated rings. The van der Waals surface area contributed by atoms with E-state index < -0.39 is 64.8 Å². The summed E-state index contributed by atoms with van der Waals surface area (Å²) in [6.07, 6.45) is 10.3. The first-order valence-electron chi connectivity index (χ1n) is 21.6. The molecule has 61 heavy (non-hydrogen) atoms. The third-order valence-corrected chi connectivity index (χ3v) is 17.9. The molecular weight excluding hydrogens is 817 g/mol. The van der Waals surface area contributed by atoms with Gasteiger partial charge in [-0.1, -0.05) is 83.0 Å². The molecule has 3 saturated carbocycles. The van der Waals surface area contributed by atoms with Crippen LogP contribution in [0, 0.1) is 28.1 Å². The first-order chi connectivity index (χ1) is 29.4. The van der Waals surface area contributed by atoms with Crippen LogP contribution in [0.3, 0.4) is 0 Å². The van der Waals surface area contributed by atoms with Gasteiger partial charge in [0.2, 0.25) is 6.29 Å². The number of fused-ring (bicyclic) bond motifs is 5. The molecule has 9 atom stereocenters. The van der Waals surface area contributed by atoms with Crippen molar-refractivity contribution in [3.05, 3.63) is 112 Å². The van der Waals surface area contributed by atoms with Crippen molar-refractivity contribution in [2.24, 2.45) is 28.1 Å². The fourth-order valence-electron chi connectivity index (χ4n) is 12.7. The van der Waals surface area contributed by atoms with Crippen molar-refractivity contribution in [3.8, 4) is 5.75 Å². The zero-order valence-corrected chi connectivity index (χ0v) is 35.6. The van der Waals surface area contributed by atoms with Gasteiger partial charge in [0, 0.05) is 29.2 Å². The number of carbonyl (C=O) groups excluding carboxylic acids is 2. The third-order valence-electron chi connectivity index (χ3n) is 15.7. The first kappa shape index (κ1) is 41.4. The molecule has 14 heteroatoms. The molecule has 0 radical (unpaired) electrons. The lowest BCUT2D eigenvalue weighted by Crippen LogP contribution is -2.79. The molecule has 3 spiro atoms. The van der Waals surface area contributed by atoms with Crippen molar-refractivity contribution in [3.63, 3.8) is 0 Å². The summed E-state index contributed by atoms with van der Waals surface area (Å²) in [6, 6.07) is 12.1. The average molecular weight is 871 g/mol. The number of Topliss-reactive ketones (excluding diaryl/α,β-unsaturated/α-hetero) is 2. The second kappa shape index (κ2) is 15.3. The van der Waals surface area contributed by atoms with E-state index in [2.05, 4.69) is 22.8 Å². The van der Waals surface area contributed by atoms with Crippen LogP contribution in [0.4, 0.5) is 0 Å². The SMILES string of the molecule is O=C1c2cccc3c2C(=O)[C@]2(CSSCNC4=CC(=CCN4)[C@@]4(CCC5(CCCC5)C4)[C@H]4CC[C@]5(CO)O[C@@H](O3)[C@H](O)[C@@]4(O)[C@@H]5O)C(O)=CC(Cc3cccc(CO)c3)=C[C@H]12. The molecule has 2 aromatic rings. The minimum atomic E-state index is -2.21. The van der Waals surface area contributed by atoms with Crippen molar-refractivity contribution in [2.45, 2.75) is 101 Å². The van der Waals surface area contributed by atoms with Crippen LogP contribution in [0.15, 0.2) is 89.5 Å². The van der Waals surface area contributed by atoms with E-state index in [0.29, 0.717) is 30.8 Å². The number of ether oxygens (including phenoxy) is 2. The predicted octanol–water partition coefficient (Wildman–Crippen LogP) is 5.16. The normalized spacial score (nSPS) is 37.6. The Morgan fingerprint density at radius 3 is 2.52 bits per heavy atom. The summed E-state index contributed by atoms with van der Waals surface area (Å²) >= 11 is 0. The van der Waals surface area contributed by atoms with Gasteiger partial charge in [0.25, 0.3) is 0 Å². The van der Waals surface area contributed by atoms with Crippen LogP contribution in [0.2, 0.25) is 0 Å². The van der Waals surface area contributed by atoms with Crippen LogP contribution in [-0.2, 0) is 17.8 Å². The van der Waals surface area contributed by atoms with Gasteiger partial charge in [-0.25, -0.2) is 0 Å². The van der Waals surface area contributed by atoms with Gasteiger partial charge in [-0.2, -0.15) is 0 Å². The van der Waals surface area contributed by atoms with E-state index in [1.165, 1.54) is 27.7 Å². The van der Waals surface area contributed by atoms with Crippen molar-refractivity contribution < 1.29 is 49.7 Å². The molecular formula is C47H54N2O10S2. The second-order valence-corrected chi connectivity index (χ2v) is 21.2. The largest absolute Gasteiger partial charge is 0.511 e. The van der Waals surface area contributed by atoms with Crippen LogP contribution in [-0.4, -0.2) is 96.7 Å². The highest BCUT2D eigenvalue weighted by molar-refractivity contribution is 8.76. The molecule has 8 N–H and O–H groups in total. The number of dihydropyridines is 1. The molecule has 12 nitrogen and oxygen atoms in total. The highest BCUT2D eigenvalue weighted by Gasteiger charge is 2.72. The van der Waals surface area contributed by atoms with Crippen LogP contribution in [0.1, 0.15) is 89.6 Å². The van der Waals surface area contributed by atoms with E-state index >= 15 is 4.79 Å². The zero-order chi connectivity index (χ0) is 42.4. The molecule has 1 saturated heterocycles. The van der Waals surface area contributed by atoms with E-state index in [-0.39, 0.29) is 52.6 Å². The molecule has 2 aromatic carbocycles. The fraction of sp³-hybridized carbons (Fsp3) is 0.532. The molecule has 5 aliphatic carbocycles. The highest BCUT2D eigenvalue weighted by Crippen LogP contribution is 2.68. The molecule has 0 aromatic heterocycles. The second-order valence-electron chi connectivity index (χ2n) is 18.7. The number of hydrogen-bond acceptors (Lipinski definition) is 14. The van der Waals surface area contributed by atoms with Crippen LogP contribution < -0.4 is 15.4 Å². The van der Waals surface area contributed by atoms with Gasteiger partial charge in [0.05, 0.1) is 36.4 Å². The summed E-state index contributed by atoms with van der Waals surface area (Å²) in [5, 5.41) is 77.9. The molecule has 0 amide bonds. The number of benzene rings is 2. The average Bonchev–Trinajstić information content (AvgIpc) is 3.90. The Balaban J connectivity index is 1.09. The number of hydrogen-bond donors (Lipinski definition) is 8. The monoisotopic (exact) mass is 870 g/mol. The lowest BCUT2D eigenvalue weighted by atomic mass is 9.51. The Morgan fingerprint density at radius 2 is 1.72 bits per heavy atom. The van der Waals surface area contributed by atoms with Gasteiger partial charge in [-0.05, 0) is 97.3 Å². The maximum absolute atomic E-state index is 15.3. The third kappa shape index (κ3) is 6.25. The quantitative estimate of drug-likeness (QED) is 0.188. The lowest BCUT2D eigenvalue weighted by molar-refractivity contribution is -0.383. The van der Waals surface area contributed by atoms with Crippen molar-refractivity contribution >= 4 is 33.2 Å². The zero-order valence-electron chi connectivity index (χ0n) is 34.0. The Kier molecular flexibility index (Phi) is 10.4. The van der Waals surface area contributed by atoms with Gasteiger partial charge in [0.15, 0.2) is 11.6 Å². The number of nitrogens with one attached hydrogen (secondary N) is 2. The Labute approximate surface area is 363 Å². The van der Waals surface area contributed by atoms with Crippen molar-refractivity contribution in [1.29, 1.82) is 0 Å². The molecule has 3 heterocycles. The minimum absolute atomic E-state index is 0.0428. The lowest BCUT2D eigenvalue weighted by Gasteiger charge is -2.63. The maximum atomic E-state index is 15.3. The van der Waals surface area contributed by atoms with Crippen molar-refractivity contribution in [1.82, 2.24) is 10.6 Å². The topological polar surface area (TPSA) is 198 Å². The molecule has 0 unspecified atom stereocenters. The number of allylic oxidation sites excluding steroid dienone is 6. The van der Waals surface area contributed by atoms with Crippen LogP contribution in [0.5, 0.6) is 5.75 Å². The molecule has 8 aliphatic rings. The molecule has 3 aliphatic heterocycles. The number of ketones is 2. The maximum Gasteiger partial charge on any atom is 0.229 e. The fourth-order valence-corrected chi connectivity index (χ4v) is 15.0. The van der Waals surface area contributed by atoms with E-state index in [1.54, 1.807) is 24.3 Å². The summed E-state index contributed by atoms with van der Waals surface area (Å²) in [5.41, 5.74) is -2.82. The number of aliphatic hydroxyl groups is 6. The molecule has 7 bridgehead atoms. The van der Waals surface area contributed by atoms with Gasteiger partial charge in [-0.3, -0.25) is 9.59 Å². The Bertz CT molecular complexity index is 2270. The summed E-state index contributed by atoms with van der Waals surface area (Å²) in [5.74, 6) is -1.69. The first-order valence-corrected chi connectivity index (χ1v) is 24.1. The molecule has 10 rings (SSSR count). The number of rotatable bonds is 4. The van der Waals surface area contributed by atoms with Gasteiger partial charge >= 0.3 is 0 Å². The van der Waals surface area contributed by atoms with Gasteiger partial charge in [-0.15, -0.1) is 0 Å². The van der Waals surface area contributed by atoms with Crippen LogP contribution >= 0.6 is 21.6 Å². The summed E-state index contributed by atoms with van der Waals surface area (Å²) in [7, 11) is 2.85. The van der Waals surface area contributed by atoms with Gasteiger partial charge < -0.3 is 50.7 Å². The summed E-state index contributed by atoms with van der Waals surface area (Å²) < 4.78 is 12.9. The van der Waals surface area contributed by atoms with Crippen LogP contribution in [0.25, 0.3) is 0 Å². The van der Waals surface area contributed by atoms with Crippen molar-refractivity contribution in [2.75, 3.05) is 24.8 Å². The van der Waals surface area contributed by atoms with E-state index in [1.807, 2.05) is 24.3 Å². The Morgan fingerprint density at radius 1 is 0.918 bits per heavy atom. The Hall–Kier alpha value is -3.60. The van der Waals surface area contributed by atoms with E-state index in [0.717, 1.165) is 67.5 Å². The van der Waals surface area contributed by atoms with E-state index in [4.69, 9.17) is 9.47 Å². The summed E-state index contributed by atoms with van der Waals surface area (Å²) in [6.45, 7) is -0.256. The number of carbonyl (C=O) groups is 2.